The molecular weight excluding hydrogens is 312 g/mol. The molecule has 25 heavy (non-hydrogen) atoms. The standard InChI is InChI=1S/C22H28O3/c1-13(20(24)25)17-6-7-18-16-5-4-14-12-15(23)8-10-21(14,2)19(16)9-11-22(17,18)3/h9,12,16,18H,4-8,10-11H2,1-3H3,(H,24,25)/b17-13+/t16-,18-,21-,22+/m0/s1. The van der Waals surface area contributed by atoms with Crippen molar-refractivity contribution >= 4 is 11.8 Å². The second-order valence-corrected chi connectivity index (χ2v) is 8.95. The molecule has 0 aromatic carbocycles. The maximum atomic E-state index is 11.9. The van der Waals surface area contributed by atoms with Crippen LogP contribution in [0.2, 0.25) is 0 Å². The van der Waals surface area contributed by atoms with Gasteiger partial charge in [0.2, 0.25) is 0 Å². The highest BCUT2D eigenvalue weighted by molar-refractivity contribution is 5.92. The summed E-state index contributed by atoms with van der Waals surface area (Å²) in [6, 6.07) is 0. The zero-order chi connectivity index (χ0) is 18.0. The van der Waals surface area contributed by atoms with Crippen LogP contribution in [0, 0.1) is 22.7 Å². The molecule has 1 N–H and O–H groups in total. The molecule has 0 spiro atoms. The highest BCUT2D eigenvalue weighted by Crippen LogP contribution is 2.64. The van der Waals surface area contributed by atoms with Crippen LogP contribution in [0.4, 0.5) is 0 Å². The largest absolute Gasteiger partial charge is 0.478 e. The van der Waals surface area contributed by atoms with Gasteiger partial charge < -0.3 is 5.11 Å². The third kappa shape index (κ3) is 2.24. The van der Waals surface area contributed by atoms with E-state index < -0.39 is 5.97 Å². The van der Waals surface area contributed by atoms with Crippen LogP contribution in [0.3, 0.4) is 0 Å². The molecule has 3 heteroatoms. The first kappa shape index (κ1) is 16.8. The fraction of sp³-hybridized carbons (Fsp3) is 0.636. The van der Waals surface area contributed by atoms with Crippen molar-refractivity contribution < 1.29 is 14.7 Å². The monoisotopic (exact) mass is 340 g/mol. The molecule has 4 atom stereocenters. The first-order chi connectivity index (χ1) is 11.8. The third-order valence-electron chi connectivity index (χ3n) is 7.89. The van der Waals surface area contributed by atoms with E-state index in [0.717, 1.165) is 38.5 Å². The maximum Gasteiger partial charge on any atom is 0.331 e. The molecule has 0 unspecified atom stereocenters. The van der Waals surface area contributed by atoms with E-state index in [2.05, 4.69) is 19.9 Å². The van der Waals surface area contributed by atoms with Gasteiger partial charge in [-0.1, -0.05) is 36.6 Å². The molecule has 4 aliphatic rings. The molecule has 0 radical (unpaired) electrons. The Morgan fingerprint density at radius 3 is 2.68 bits per heavy atom. The number of carbonyl (C=O) groups excluding carboxylic acids is 1. The lowest BCUT2D eigenvalue weighted by Gasteiger charge is -2.52. The number of carbonyl (C=O) groups is 2. The zero-order valence-electron chi connectivity index (χ0n) is 15.5. The van der Waals surface area contributed by atoms with Gasteiger partial charge in [-0.3, -0.25) is 4.79 Å². The Bertz CT molecular complexity index is 753. The minimum absolute atomic E-state index is 0.00129. The van der Waals surface area contributed by atoms with Crippen molar-refractivity contribution in [2.24, 2.45) is 22.7 Å². The predicted molar refractivity (Wildman–Crippen MR) is 97.0 cm³/mol. The topological polar surface area (TPSA) is 54.4 Å². The molecule has 2 fully saturated rings. The SMILES string of the molecule is C/C(C(=O)O)=C1/CC[C@H]2[C@@H]3CCC4=CC(=O)CC[C@]4(C)C3=CC[C@]12C. The lowest BCUT2D eigenvalue weighted by molar-refractivity contribution is -0.132. The molecule has 0 amide bonds. The summed E-state index contributed by atoms with van der Waals surface area (Å²) in [6.07, 6.45) is 11.1. The Balaban J connectivity index is 1.77. The molecular formula is C22H28O3. The minimum atomic E-state index is -0.765. The van der Waals surface area contributed by atoms with Crippen LogP contribution < -0.4 is 0 Å². The lowest BCUT2D eigenvalue weighted by Crippen LogP contribution is -2.43. The van der Waals surface area contributed by atoms with Gasteiger partial charge in [-0.05, 0) is 68.8 Å². The Hall–Kier alpha value is -1.64. The molecule has 0 heterocycles. The minimum Gasteiger partial charge on any atom is -0.478 e. The van der Waals surface area contributed by atoms with Crippen molar-refractivity contribution in [1.82, 2.24) is 0 Å². The molecule has 0 aromatic rings. The van der Waals surface area contributed by atoms with Gasteiger partial charge in [0.15, 0.2) is 5.78 Å². The molecule has 4 rings (SSSR count). The summed E-state index contributed by atoms with van der Waals surface area (Å²) in [5.41, 5.74) is 4.68. The van der Waals surface area contributed by atoms with Gasteiger partial charge >= 0.3 is 5.97 Å². The van der Waals surface area contributed by atoms with Crippen molar-refractivity contribution in [3.63, 3.8) is 0 Å². The van der Waals surface area contributed by atoms with E-state index in [9.17, 15) is 14.7 Å². The summed E-state index contributed by atoms with van der Waals surface area (Å²) in [6.45, 7) is 6.40. The van der Waals surface area contributed by atoms with Crippen LogP contribution in [0.15, 0.2) is 34.4 Å². The maximum absolute atomic E-state index is 11.9. The molecule has 0 bridgehead atoms. The summed E-state index contributed by atoms with van der Waals surface area (Å²) >= 11 is 0. The summed E-state index contributed by atoms with van der Waals surface area (Å²) in [5.74, 6) is 0.620. The molecule has 2 saturated carbocycles. The molecule has 134 valence electrons. The molecule has 3 nitrogen and oxygen atoms in total. The van der Waals surface area contributed by atoms with E-state index in [4.69, 9.17) is 0 Å². The average Bonchev–Trinajstić information content (AvgIpc) is 2.92. The second kappa shape index (κ2) is 5.43. The van der Waals surface area contributed by atoms with Crippen molar-refractivity contribution in [2.75, 3.05) is 0 Å². The number of aliphatic carboxylic acids is 1. The lowest BCUT2D eigenvalue weighted by atomic mass is 9.51. The van der Waals surface area contributed by atoms with E-state index >= 15 is 0 Å². The van der Waals surface area contributed by atoms with E-state index in [1.165, 1.54) is 11.1 Å². The number of carboxylic acids is 1. The van der Waals surface area contributed by atoms with Gasteiger partial charge in [0, 0.05) is 17.4 Å². The smallest absolute Gasteiger partial charge is 0.331 e. The van der Waals surface area contributed by atoms with Crippen LogP contribution in [-0.2, 0) is 9.59 Å². The number of carboxylic acid groups (broad SMARTS) is 1. The second-order valence-electron chi connectivity index (χ2n) is 8.95. The first-order valence-corrected chi connectivity index (χ1v) is 9.65. The van der Waals surface area contributed by atoms with Crippen molar-refractivity contribution in [3.05, 3.63) is 34.4 Å². The summed E-state index contributed by atoms with van der Waals surface area (Å²) in [7, 11) is 0. The van der Waals surface area contributed by atoms with E-state index in [1.807, 2.05) is 6.08 Å². The fourth-order valence-electron chi connectivity index (χ4n) is 6.42. The van der Waals surface area contributed by atoms with Crippen LogP contribution in [0.5, 0.6) is 0 Å². The van der Waals surface area contributed by atoms with Crippen molar-refractivity contribution in [2.45, 2.75) is 65.7 Å². The van der Waals surface area contributed by atoms with Gasteiger partial charge in [0.25, 0.3) is 0 Å². The van der Waals surface area contributed by atoms with Gasteiger partial charge in [-0.25, -0.2) is 4.79 Å². The van der Waals surface area contributed by atoms with E-state index in [-0.39, 0.29) is 16.6 Å². The van der Waals surface area contributed by atoms with Crippen LogP contribution in [0.1, 0.15) is 65.7 Å². The van der Waals surface area contributed by atoms with E-state index in [1.54, 1.807) is 12.5 Å². The van der Waals surface area contributed by atoms with Gasteiger partial charge in [0.05, 0.1) is 0 Å². The van der Waals surface area contributed by atoms with Crippen molar-refractivity contribution in [1.29, 1.82) is 0 Å². The van der Waals surface area contributed by atoms with E-state index in [0.29, 0.717) is 23.8 Å². The van der Waals surface area contributed by atoms with Crippen LogP contribution in [-0.4, -0.2) is 16.9 Å². The van der Waals surface area contributed by atoms with Crippen LogP contribution >= 0.6 is 0 Å². The molecule has 0 aliphatic heterocycles. The number of hydrogen-bond acceptors (Lipinski definition) is 2. The quantitative estimate of drug-likeness (QED) is 0.549. The third-order valence-corrected chi connectivity index (χ3v) is 7.89. The Labute approximate surface area is 149 Å². The Morgan fingerprint density at radius 1 is 1.20 bits per heavy atom. The van der Waals surface area contributed by atoms with Gasteiger partial charge in [-0.15, -0.1) is 0 Å². The highest BCUT2D eigenvalue weighted by Gasteiger charge is 2.54. The number of rotatable bonds is 1. The number of hydrogen-bond donors (Lipinski definition) is 1. The first-order valence-electron chi connectivity index (χ1n) is 9.65. The zero-order valence-corrected chi connectivity index (χ0v) is 15.5. The molecule has 4 aliphatic carbocycles. The van der Waals surface area contributed by atoms with Crippen LogP contribution in [0.25, 0.3) is 0 Å². The number of allylic oxidation sites excluding steroid dienone is 5. The Kier molecular flexibility index (Phi) is 3.65. The van der Waals surface area contributed by atoms with Gasteiger partial charge in [0.1, 0.15) is 0 Å². The number of ketones is 1. The highest BCUT2D eigenvalue weighted by atomic mass is 16.4. The normalized spacial score (nSPS) is 42.0. The predicted octanol–water partition coefficient (Wildman–Crippen LogP) is 4.84. The summed E-state index contributed by atoms with van der Waals surface area (Å²) in [4.78, 5) is 23.4. The van der Waals surface area contributed by atoms with Gasteiger partial charge in [-0.2, -0.15) is 0 Å². The molecule has 0 saturated heterocycles. The average molecular weight is 340 g/mol. The molecule has 0 aromatic heterocycles. The summed E-state index contributed by atoms with van der Waals surface area (Å²) < 4.78 is 0. The summed E-state index contributed by atoms with van der Waals surface area (Å²) in [5, 5.41) is 9.49. The fourth-order valence-corrected chi connectivity index (χ4v) is 6.42. The van der Waals surface area contributed by atoms with Crippen molar-refractivity contribution in [3.8, 4) is 0 Å². The number of fused-ring (bicyclic) bond motifs is 5. The Morgan fingerprint density at radius 2 is 1.96 bits per heavy atom.